The van der Waals surface area contributed by atoms with Crippen molar-refractivity contribution in [3.63, 3.8) is 0 Å². The van der Waals surface area contributed by atoms with Crippen molar-refractivity contribution >= 4 is 0 Å². The molecule has 0 fully saturated rings. The van der Waals surface area contributed by atoms with Crippen LogP contribution < -0.4 is 5.73 Å². The molecule has 0 aliphatic rings. The first kappa shape index (κ1) is 12.2. The molecule has 0 aliphatic heterocycles. The number of halogens is 1. The smallest absolute Gasteiger partial charge is 0.126 e. The third-order valence-electron chi connectivity index (χ3n) is 2.93. The average molecular weight is 209 g/mol. The van der Waals surface area contributed by atoms with E-state index in [0.29, 0.717) is 18.3 Å². The van der Waals surface area contributed by atoms with Crippen LogP contribution in [-0.2, 0) is 6.42 Å². The summed E-state index contributed by atoms with van der Waals surface area (Å²) in [4.78, 5) is 0. The fourth-order valence-corrected chi connectivity index (χ4v) is 1.80. The molecule has 1 aromatic carbocycles. The number of hydrogen-bond donors (Lipinski definition) is 1. The Morgan fingerprint density at radius 1 is 1.20 bits per heavy atom. The second-order valence-corrected chi connectivity index (χ2v) is 4.59. The molecule has 2 unspecified atom stereocenters. The van der Waals surface area contributed by atoms with Gasteiger partial charge in [-0.1, -0.05) is 39.0 Å². The van der Waals surface area contributed by atoms with Crippen LogP contribution in [0, 0.1) is 17.7 Å². The Hall–Kier alpha value is -0.890. The van der Waals surface area contributed by atoms with Gasteiger partial charge in [-0.15, -0.1) is 0 Å². The molecule has 0 aromatic heterocycles. The minimum Gasteiger partial charge on any atom is -0.327 e. The fourth-order valence-electron chi connectivity index (χ4n) is 1.80. The molecule has 15 heavy (non-hydrogen) atoms. The Morgan fingerprint density at radius 2 is 1.80 bits per heavy atom. The Labute approximate surface area is 91.5 Å². The van der Waals surface area contributed by atoms with Gasteiger partial charge in [-0.05, 0) is 29.9 Å². The summed E-state index contributed by atoms with van der Waals surface area (Å²) in [5.41, 5.74) is 6.80. The van der Waals surface area contributed by atoms with E-state index in [0.717, 1.165) is 5.56 Å². The molecule has 0 spiro atoms. The van der Waals surface area contributed by atoms with Crippen molar-refractivity contribution in [3.8, 4) is 0 Å². The molecule has 0 aliphatic carbocycles. The molecule has 0 saturated heterocycles. The summed E-state index contributed by atoms with van der Waals surface area (Å²) in [5, 5.41) is 0. The van der Waals surface area contributed by atoms with Crippen LogP contribution >= 0.6 is 0 Å². The number of rotatable bonds is 4. The van der Waals surface area contributed by atoms with E-state index in [1.54, 1.807) is 6.07 Å². The van der Waals surface area contributed by atoms with Gasteiger partial charge in [0, 0.05) is 6.04 Å². The average Bonchev–Trinajstić information content (AvgIpc) is 2.20. The Morgan fingerprint density at radius 3 is 2.33 bits per heavy atom. The van der Waals surface area contributed by atoms with E-state index in [-0.39, 0.29) is 11.9 Å². The molecule has 0 saturated carbocycles. The zero-order valence-electron chi connectivity index (χ0n) is 9.70. The first-order chi connectivity index (χ1) is 7.02. The van der Waals surface area contributed by atoms with E-state index in [9.17, 15) is 4.39 Å². The van der Waals surface area contributed by atoms with Crippen LogP contribution in [0.5, 0.6) is 0 Å². The summed E-state index contributed by atoms with van der Waals surface area (Å²) in [7, 11) is 0. The lowest BCUT2D eigenvalue weighted by Crippen LogP contribution is -2.34. The normalized spacial score (nSPS) is 15.3. The van der Waals surface area contributed by atoms with E-state index in [1.807, 2.05) is 12.1 Å². The summed E-state index contributed by atoms with van der Waals surface area (Å²) in [6.07, 6.45) is 0.714. The lowest BCUT2D eigenvalue weighted by atomic mass is 9.88. The van der Waals surface area contributed by atoms with Crippen LogP contribution in [0.3, 0.4) is 0 Å². The number of hydrogen-bond acceptors (Lipinski definition) is 1. The zero-order chi connectivity index (χ0) is 11.4. The van der Waals surface area contributed by atoms with E-state index in [4.69, 9.17) is 5.73 Å². The van der Waals surface area contributed by atoms with Crippen molar-refractivity contribution in [1.82, 2.24) is 0 Å². The second-order valence-electron chi connectivity index (χ2n) is 4.59. The first-order valence-electron chi connectivity index (χ1n) is 5.51. The van der Waals surface area contributed by atoms with Crippen LogP contribution in [0.25, 0.3) is 0 Å². The Balaban J connectivity index is 2.66. The molecule has 0 amide bonds. The highest BCUT2D eigenvalue weighted by Crippen LogP contribution is 2.17. The van der Waals surface area contributed by atoms with E-state index >= 15 is 0 Å². The largest absolute Gasteiger partial charge is 0.327 e. The van der Waals surface area contributed by atoms with Crippen molar-refractivity contribution in [2.24, 2.45) is 17.6 Å². The summed E-state index contributed by atoms with van der Waals surface area (Å²) in [6, 6.07) is 7.05. The van der Waals surface area contributed by atoms with E-state index < -0.39 is 0 Å². The van der Waals surface area contributed by atoms with Crippen molar-refractivity contribution in [2.45, 2.75) is 33.2 Å². The summed E-state index contributed by atoms with van der Waals surface area (Å²) in [5.74, 6) is 0.619. The second kappa shape index (κ2) is 5.26. The predicted molar refractivity (Wildman–Crippen MR) is 62.1 cm³/mol. The van der Waals surface area contributed by atoms with Crippen LogP contribution in [0.15, 0.2) is 24.3 Å². The molecular weight excluding hydrogens is 189 g/mol. The van der Waals surface area contributed by atoms with Crippen LogP contribution in [0.4, 0.5) is 4.39 Å². The predicted octanol–water partition coefficient (Wildman–Crippen LogP) is 2.99. The number of benzene rings is 1. The van der Waals surface area contributed by atoms with Crippen molar-refractivity contribution in [2.75, 3.05) is 0 Å². The van der Waals surface area contributed by atoms with Gasteiger partial charge in [0.25, 0.3) is 0 Å². The van der Waals surface area contributed by atoms with Gasteiger partial charge in [-0.2, -0.15) is 0 Å². The maximum atomic E-state index is 13.4. The topological polar surface area (TPSA) is 26.0 Å². The van der Waals surface area contributed by atoms with Gasteiger partial charge < -0.3 is 5.73 Å². The third-order valence-corrected chi connectivity index (χ3v) is 2.93. The lowest BCUT2D eigenvalue weighted by molar-refractivity contribution is 0.358. The molecule has 0 bridgehead atoms. The zero-order valence-corrected chi connectivity index (χ0v) is 9.70. The van der Waals surface area contributed by atoms with E-state index in [1.165, 1.54) is 6.07 Å². The van der Waals surface area contributed by atoms with Gasteiger partial charge in [-0.25, -0.2) is 4.39 Å². The standard InChI is InChI=1S/C13H20FN/c1-9(2)13(15)10(3)8-11-6-4-5-7-12(11)14/h4-7,9-10,13H,8,15H2,1-3H3. The molecule has 2 atom stereocenters. The van der Waals surface area contributed by atoms with Crippen LogP contribution in [-0.4, -0.2) is 6.04 Å². The highest BCUT2D eigenvalue weighted by atomic mass is 19.1. The monoisotopic (exact) mass is 209 g/mol. The minimum atomic E-state index is -0.125. The van der Waals surface area contributed by atoms with Gasteiger partial charge in [0.05, 0.1) is 0 Å². The molecule has 2 heteroatoms. The molecule has 1 aromatic rings. The summed E-state index contributed by atoms with van der Waals surface area (Å²) < 4.78 is 13.4. The van der Waals surface area contributed by atoms with Gasteiger partial charge in [0.2, 0.25) is 0 Å². The Bertz CT molecular complexity index is 309. The molecular formula is C13H20FN. The highest BCUT2D eigenvalue weighted by molar-refractivity contribution is 5.18. The molecule has 1 nitrogen and oxygen atoms in total. The summed E-state index contributed by atoms with van der Waals surface area (Å²) >= 11 is 0. The molecule has 84 valence electrons. The molecule has 0 heterocycles. The fraction of sp³-hybridized carbons (Fsp3) is 0.538. The van der Waals surface area contributed by atoms with Gasteiger partial charge in [0.15, 0.2) is 0 Å². The molecule has 1 rings (SSSR count). The van der Waals surface area contributed by atoms with E-state index in [2.05, 4.69) is 20.8 Å². The Kier molecular flexibility index (Phi) is 4.28. The number of nitrogens with two attached hydrogens (primary N) is 1. The third kappa shape index (κ3) is 3.31. The minimum absolute atomic E-state index is 0.125. The molecule has 0 radical (unpaired) electrons. The van der Waals surface area contributed by atoms with Crippen LogP contribution in [0.2, 0.25) is 0 Å². The molecule has 2 N–H and O–H groups in total. The SMILES string of the molecule is CC(C)C(N)C(C)Cc1ccccc1F. The van der Waals surface area contributed by atoms with Crippen molar-refractivity contribution < 1.29 is 4.39 Å². The lowest BCUT2D eigenvalue weighted by Gasteiger charge is -2.23. The quantitative estimate of drug-likeness (QED) is 0.810. The van der Waals surface area contributed by atoms with Crippen LogP contribution in [0.1, 0.15) is 26.3 Å². The van der Waals surface area contributed by atoms with Gasteiger partial charge >= 0.3 is 0 Å². The van der Waals surface area contributed by atoms with Crippen molar-refractivity contribution in [1.29, 1.82) is 0 Å². The summed E-state index contributed by atoms with van der Waals surface area (Å²) in [6.45, 7) is 6.28. The highest BCUT2D eigenvalue weighted by Gasteiger charge is 2.17. The maximum Gasteiger partial charge on any atom is 0.126 e. The van der Waals surface area contributed by atoms with Crippen molar-refractivity contribution in [3.05, 3.63) is 35.6 Å². The van der Waals surface area contributed by atoms with Gasteiger partial charge in [-0.3, -0.25) is 0 Å². The van der Waals surface area contributed by atoms with Gasteiger partial charge in [0.1, 0.15) is 5.82 Å². The first-order valence-corrected chi connectivity index (χ1v) is 5.51. The maximum absolute atomic E-state index is 13.4.